The fourth-order valence-corrected chi connectivity index (χ4v) is 1.84. The lowest BCUT2D eigenvalue weighted by atomic mass is 10.2. The molecule has 0 aromatic heterocycles. The van der Waals surface area contributed by atoms with Gasteiger partial charge in [-0.3, -0.25) is 4.79 Å². The van der Waals surface area contributed by atoms with Crippen LogP contribution < -0.4 is 5.73 Å². The largest absolute Gasteiger partial charge is 0.398 e. The monoisotopic (exact) mass is 285 g/mol. The first-order valence-electron chi connectivity index (χ1n) is 4.44. The lowest BCUT2D eigenvalue weighted by Crippen LogP contribution is -1.88. The van der Waals surface area contributed by atoms with Gasteiger partial charge in [0.2, 0.25) is 0 Å². The number of anilines is 1. The maximum Gasteiger partial charge on any atom is 0.186 e. The van der Waals surface area contributed by atoms with Gasteiger partial charge in [-0.15, -0.1) is 0 Å². The Labute approximate surface area is 102 Å². The van der Waals surface area contributed by atoms with E-state index in [0.29, 0.717) is 5.75 Å². The number of carbonyl (C=O) groups excluding carboxylic acids is 1. The molecule has 0 bridgehead atoms. The number of nitrogens with two attached hydrogens (primary N) is 1. The molecule has 1 rings (SSSR count). The summed E-state index contributed by atoms with van der Waals surface area (Å²) in [5.74, 6) is 0.682. The van der Waals surface area contributed by atoms with Crippen LogP contribution in [0.1, 0.15) is 12.5 Å². The highest BCUT2D eigenvalue weighted by molar-refractivity contribution is 9.10. The minimum Gasteiger partial charge on any atom is -0.398 e. The Bertz CT molecular complexity index is 390. The SMILES string of the molecule is CC(=O)SCC=Cc1cc(Br)ccc1N. The molecular formula is C11H12BrNOS. The van der Waals surface area contributed by atoms with Crippen LogP contribution >= 0.6 is 27.7 Å². The van der Waals surface area contributed by atoms with Crippen LogP contribution in [0.2, 0.25) is 0 Å². The van der Waals surface area contributed by atoms with Gasteiger partial charge in [0.15, 0.2) is 5.12 Å². The molecule has 0 fully saturated rings. The Balaban J connectivity index is 2.63. The maximum atomic E-state index is 10.7. The number of benzene rings is 1. The Morgan fingerprint density at radius 2 is 2.33 bits per heavy atom. The summed E-state index contributed by atoms with van der Waals surface area (Å²) in [6, 6.07) is 5.70. The summed E-state index contributed by atoms with van der Waals surface area (Å²) in [5.41, 5.74) is 7.49. The topological polar surface area (TPSA) is 43.1 Å². The highest BCUT2D eigenvalue weighted by Gasteiger charge is 1.95. The minimum atomic E-state index is 0.127. The average Bonchev–Trinajstić information content (AvgIpc) is 2.17. The molecule has 80 valence electrons. The Hall–Kier alpha value is -0.740. The van der Waals surface area contributed by atoms with Crippen molar-refractivity contribution < 1.29 is 4.79 Å². The van der Waals surface area contributed by atoms with Gasteiger partial charge < -0.3 is 5.73 Å². The van der Waals surface area contributed by atoms with Crippen LogP contribution in [-0.2, 0) is 4.79 Å². The molecule has 0 saturated heterocycles. The molecule has 0 amide bonds. The highest BCUT2D eigenvalue weighted by Crippen LogP contribution is 2.19. The molecule has 0 unspecified atom stereocenters. The van der Waals surface area contributed by atoms with E-state index >= 15 is 0 Å². The number of carbonyl (C=O) groups is 1. The summed E-state index contributed by atoms with van der Waals surface area (Å²) in [4.78, 5) is 10.7. The third-order valence-electron chi connectivity index (χ3n) is 1.73. The molecule has 0 aliphatic rings. The van der Waals surface area contributed by atoms with Crippen molar-refractivity contribution in [3.05, 3.63) is 34.3 Å². The van der Waals surface area contributed by atoms with E-state index in [2.05, 4.69) is 15.9 Å². The summed E-state index contributed by atoms with van der Waals surface area (Å²) in [7, 11) is 0. The van der Waals surface area contributed by atoms with Crippen molar-refractivity contribution in [2.24, 2.45) is 0 Å². The third-order valence-corrected chi connectivity index (χ3v) is 2.99. The predicted octanol–water partition coefficient (Wildman–Crippen LogP) is 3.32. The van der Waals surface area contributed by atoms with E-state index in [-0.39, 0.29) is 5.12 Å². The van der Waals surface area contributed by atoms with Crippen LogP contribution in [0, 0.1) is 0 Å². The molecule has 4 heteroatoms. The van der Waals surface area contributed by atoms with E-state index in [4.69, 9.17) is 5.73 Å². The number of hydrogen-bond donors (Lipinski definition) is 1. The Kier molecular flexibility index (Phi) is 4.91. The smallest absolute Gasteiger partial charge is 0.186 e. The second-order valence-electron chi connectivity index (χ2n) is 2.98. The van der Waals surface area contributed by atoms with Gasteiger partial charge in [0.1, 0.15) is 0 Å². The van der Waals surface area contributed by atoms with Gasteiger partial charge in [0.05, 0.1) is 0 Å². The number of nitrogen functional groups attached to an aromatic ring is 1. The molecule has 0 spiro atoms. The molecule has 1 aromatic carbocycles. The number of hydrogen-bond acceptors (Lipinski definition) is 3. The molecule has 0 aliphatic carbocycles. The van der Waals surface area contributed by atoms with Gasteiger partial charge >= 0.3 is 0 Å². The zero-order valence-electron chi connectivity index (χ0n) is 8.37. The van der Waals surface area contributed by atoms with Gasteiger partial charge in [-0.2, -0.15) is 0 Å². The summed E-state index contributed by atoms with van der Waals surface area (Å²) >= 11 is 4.66. The van der Waals surface area contributed by atoms with Gasteiger partial charge in [-0.25, -0.2) is 0 Å². The molecule has 0 heterocycles. The van der Waals surface area contributed by atoms with E-state index in [1.54, 1.807) is 6.92 Å². The summed E-state index contributed by atoms with van der Waals surface area (Å²) in [6.45, 7) is 1.56. The van der Waals surface area contributed by atoms with Gasteiger partial charge in [0, 0.05) is 22.8 Å². The molecule has 1 aromatic rings. The van der Waals surface area contributed by atoms with Crippen LogP contribution in [0.4, 0.5) is 5.69 Å². The Morgan fingerprint density at radius 3 is 3.00 bits per heavy atom. The van der Waals surface area contributed by atoms with Gasteiger partial charge in [0.25, 0.3) is 0 Å². The first kappa shape index (κ1) is 12.3. The first-order valence-corrected chi connectivity index (χ1v) is 6.22. The van der Waals surface area contributed by atoms with Crippen molar-refractivity contribution in [2.75, 3.05) is 11.5 Å². The molecule has 15 heavy (non-hydrogen) atoms. The third kappa shape index (κ3) is 4.53. The second kappa shape index (κ2) is 5.98. The number of thioether (sulfide) groups is 1. The molecule has 0 aliphatic heterocycles. The van der Waals surface area contributed by atoms with Crippen molar-refractivity contribution in [3.8, 4) is 0 Å². The lowest BCUT2D eigenvalue weighted by molar-refractivity contribution is -0.109. The summed E-state index contributed by atoms with van der Waals surface area (Å²) in [6.07, 6.45) is 3.86. The zero-order chi connectivity index (χ0) is 11.3. The van der Waals surface area contributed by atoms with Gasteiger partial charge in [-0.05, 0) is 23.8 Å². The predicted molar refractivity (Wildman–Crippen MR) is 70.7 cm³/mol. The molecule has 0 atom stereocenters. The normalized spacial score (nSPS) is 10.8. The van der Waals surface area contributed by atoms with Crippen molar-refractivity contribution in [1.82, 2.24) is 0 Å². The highest BCUT2D eigenvalue weighted by atomic mass is 79.9. The van der Waals surface area contributed by atoms with Gasteiger partial charge in [-0.1, -0.05) is 39.8 Å². The second-order valence-corrected chi connectivity index (χ2v) is 5.09. The van der Waals surface area contributed by atoms with Crippen molar-refractivity contribution in [2.45, 2.75) is 6.92 Å². The fraction of sp³-hybridized carbons (Fsp3) is 0.182. The molecule has 2 nitrogen and oxygen atoms in total. The van der Waals surface area contributed by atoms with Crippen molar-refractivity contribution >= 4 is 44.6 Å². The lowest BCUT2D eigenvalue weighted by Gasteiger charge is -2.00. The summed E-state index contributed by atoms with van der Waals surface area (Å²) in [5, 5.41) is 0.127. The molecule has 0 saturated carbocycles. The number of halogens is 1. The van der Waals surface area contributed by atoms with Crippen molar-refractivity contribution in [1.29, 1.82) is 0 Å². The van der Waals surface area contributed by atoms with Crippen molar-refractivity contribution in [3.63, 3.8) is 0 Å². The molecule has 0 radical (unpaired) electrons. The van der Waals surface area contributed by atoms with E-state index < -0.39 is 0 Å². The van der Waals surface area contributed by atoms with E-state index in [1.807, 2.05) is 30.4 Å². The fourth-order valence-electron chi connectivity index (χ4n) is 1.03. The average molecular weight is 286 g/mol. The van der Waals surface area contributed by atoms with Crippen LogP contribution in [0.5, 0.6) is 0 Å². The quantitative estimate of drug-likeness (QED) is 0.867. The zero-order valence-corrected chi connectivity index (χ0v) is 10.8. The maximum absolute atomic E-state index is 10.7. The Morgan fingerprint density at radius 1 is 1.60 bits per heavy atom. The van der Waals surface area contributed by atoms with Crippen LogP contribution in [0.25, 0.3) is 6.08 Å². The molecular weight excluding hydrogens is 274 g/mol. The van der Waals surface area contributed by atoms with E-state index in [0.717, 1.165) is 15.7 Å². The summed E-state index contributed by atoms with van der Waals surface area (Å²) < 4.78 is 0.996. The molecule has 2 N–H and O–H groups in total. The standard InChI is InChI=1S/C11H12BrNOS/c1-8(14)15-6-2-3-9-7-10(12)4-5-11(9)13/h2-5,7H,6,13H2,1H3. The van der Waals surface area contributed by atoms with E-state index in [9.17, 15) is 4.79 Å². The van der Waals surface area contributed by atoms with Crippen LogP contribution in [0.3, 0.4) is 0 Å². The number of rotatable bonds is 3. The van der Waals surface area contributed by atoms with Crippen LogP contribution in [0.15, 0.2) is 28.7 Å². The first-order chi connectivity index (χ1) is 7.09. The minimum absolute atomic E-state index is 0.127. The van der Waals surface area contributed by atoms with E-state index in [1.165, 1.54) is 11.8 Å². The van der Waals surface area contributed by atoms with Crippen LogP contribution in [-0.4, -0.2) is 10.9 Å².